The van der Waals surface area contributed by atoms with Crippen LogP contribution in [0.15, 0.2) is 59.6 Å². The molecule has 2 aliphatic heterocycles. The van der Waals surface area contributed by atoms with Crippen LogP contribution in [0.2, 0.25) is 15.1 Å². The van der Waals surface area contributed by atoms with Crippen molar-refractivity contribution < 1.29 is 23.1 Å². The largest absolute Gasteiger partial charge is 0.470 e. The fourth-order valence-corrected chi connectivity index (χ4v) is 6.87. The van der Waals surface area contributed by atoms with E-state index in [4.69, 9.17) is 39.5 Å². The number of aliphatic hydroxyl groups is 1. The number of aliphatic hydroxyl groups excluding tert-OH is 1. The second-order valence-corrected chi connectivity index (χ2v) is 12.1. The number of hydrogen-bond acceptors (Lipinski definition) is 7. The Morgan fingerprint density at radius 1 is 1.11 bits per heavy atom. The Bertz CT molecular complexity index is 1470. The number of rotatable bonds is 6. The number of nitrogens with one attached hydrogen (secondary N) is 1. The Morgan fingerprint density at radius 3 is 2.53 bits per heavy atom. The minimum atomic E-state index is -4.08. The summed E-state index contributed by atoms with van der Waals surface area (Å²) in [7, 11) is -4.08. The van der Waals surface area contributed by atoms with Crippen LogP contribution in [0, 0.1) is 0 Å². The van der Waals surface area contributed by atoms with Crippen LogP contribution < -0.4 is 14.4 Å². The van der Waals surface area contributed by atoms with Gasteiger partial charge in [0.2, 0.25) is 5.88 Å². The molecule has 0 bridgehead atoms. The van der Waals surface area contributed by atoms with Crippen LogP contribution in [-0.4, -0.2) is 67.7 Å². The Labute approximate surface area is 234 Å². The van der Waals surface area contributed by atoms with Crippen LogP contribution in [0.25, 0.3) is 0 Å². The summed E-state index contributed by atoms with van der Waals surface area (Å²) >= 11 is 18.4. The van der Waals surface area contributed by atoms with Crippen LogP contribution in [-0.2, 0) is 10.0 Å². The van der Waals surface area contributed by atoms with Gasteiger partial charge in [-0.05, 0) is 42.8 Å². The molecule has 9 nitrogen and oxygen atoms in total. The van der Waals surface area contributed by atoms with Gasteiger partial charge >= 0.3 is 0 Å². The number of halogens is 3. The summed E-state index contributed by atoms with van der Waals surface area (Å²) in [6.07, 6.45) is 1.04. The lowest BCUT2D eigenvalue weighted by Crippen LogP contribution is -2.48. The molecule has 2 unspecified atom stereocenters. The van der Waals surface area contributed by atoms with Gasteiger partial charge in [0.15, 0.2) is 0 Å². The predicted molar refractivity (Wildman–Crippen MR) is 146 cm³/mol. The summed E-state index contributed by atoms with van der Waals surface area (Å²) in [4.78, 5) is 19.3. The molecule has 2 aromatic carbocycles. The number of amides is 1. The van der Waals surface area contributed by atoms with E-state index in [9.17, 15) is 18.3 Å². The molecule has 0 aliphatic carbocycles. The quantitative estimate of drug-likeness (QED) is 0.435. The average molecular weight is 598 g/mol. The standard InChI is InChI=1S/C25H23Cl3N4O5S/c26-15-3-1-4-19(9-15)38(35,36)32-14-18(13-31-8-7-17(33)12-31)37-25-22(32)10-16(11-29-25)30-24(34)23-20(27)5-2-6-21(23)28/h1-6,9-11,17-18,33H,7-8,12-14H2,(H,30,34). The van der Waals surface area contributed by atoms with Gasteiger partial charge < -0.3 is 15.2 Å². The van der Waals surface area contributed by atoms with Gasteiger partial charge in [-0.25, -0.2) is 13.4 Å². The molecule has 1 fully saturated rings. The van der Waals surface area contributed by atoms with Crippen LogP contribution in [0.5, 0.6) is 5.88 Å². The van der Waals surface area contributed by atoms with Gasteiger partial charge in [-0.3, -0.25) is 14.0 Å². The molecular weight excluding hydrogens is 575 g/mol. The molecule has 1 aromatic heterocycles. The number of sulfonamides is 1. The van der Waals surface area contributed by atoms with Crippen molar-refractivity contribution in [2.24, 2.45) is 0 Å². The Hall–Kier alpha value is -2.60. The van der Waals surface area contributed by atoms with Gasteiger partial charge in [0.1, 0.15) is 11.8 Å². The normalized spacial score (nSPS) is 19.6. The van der Waals surface area contributed by atoms with E-state index in [2.05, 4.69) is 10.3 Å². The molecule has 0 radical (unpaired) electrons. The zero-order chi connectivity index (χ0) is 27.0. The average Bonchev–Trinajstić information content (AvgIpc) is 3.28. The third-order valence-electron chi connectivity index (χ3n) is 6.29. The van der Waals surface area contributed by atoms with Gasteiger partial charge in [-0.15, -0.1) is 0 Å². The maximum absolute atomic E-state index is 13.8. The van der Waals surface area contributed by atoms with E-state index in [0.717, 1.165) is 0 Å². The van der Waals surface area contributed by atoms with Crippen molar-refractivity contribution in [1.29, 1.82) is 0 Å². The van der Waals surface area contributed by atoms with Crippen molar-refractivity contribution in [2.45, 2.75) is 23.5 Å². The van der Waals surface area contributed by atoms with Crippen LogP contribution in [0.3, 0.4) is 0 Å². The van der Waals surface area contributed by atoms with Crippen molar-refractivity contribution in [2.75, 3.05) is 35.8 Å². The van der Waals surface area contributed by atoms with Gasteiger partial charge in [0.05, 0.1) is 45.0 Å². The predicted octanol–water partition coefficient (Wildman–Crippen LogP) is 4.32. The fourth-order valence-electron chi connectivity index (χ4n) is 4.51. The smallest absolute Gasteiger partial charge is 0.264 e. The lowest BCUT2D eigenvalue weighted by molar-refractivity contribution is 0.102. The van der Waals surface area contributed by atoms with E-state index in [-0.39, 0.29) is 49.3 Å². The zero-order valence-corrected chi connectivity index (χ0v) is 22.9. The summed E-state index contributed by atoms with van der Waals surface area (Å²) < 4.78 is 34.9. The van der Waals surface area contributed by atoms with Crippen molar-refractivity contribution in [1.82, 2.24) is 9.88 Å². The van der Waals surface area contributed by atoms with Crippen molar-refractivity contribution in [3.8, 4) is 5.88 Å². The molecule has 0 saturated carbocycles. The highest BCUT2D eigenvalue weighted by Gasteiger charge is 2.37. The number of hydrogen-bond donors (Lipinski definition) is 2. The van der Waals surface area contributed by atoms with Crippen LogP contribution >= 0.6 is 34.8 Å². The first-order valence-corrected chi connectivity index (χ1v) is 14.3. The molecular formula is C25H23Cl3N4O5S. The lowest BCUT2D eigenvalue weighted by atomic mass is 10.2. The van der Waals surface area contributed by atoms with Crippen molar-refractivity contribution in [3.63, 3.8) is 0 Å². The molecule has 1 amide bonds. The maximum atomic E-state index is 13.8. The number of nitrogens with zero attached hydrogens (tertiary/aromatic N) is 3. The highest BCUT2D eigenvalue weighted by molar-refractivity contribution is 7.92. The summed E-state index contributed by atoms with van der Waals surface area (Å²) in [5, 5.41) is 13.2. The number of likely N-dealkylation sites (tertiary alicyclic amines) is 1. The first-order valence-electron chi connectivity index (χ1n) is 11.7. The number of carbonyl (C=O) groups is 1. The monoisotopic (exact) mass is 596 g/mol. The first-order chi connectivity index (χ1) is 18.1. The molecule has 38 heavy (non-hydrogen) atoms. The van der Waals surface area contributed by atoms with Crippen LogP contribution in [0.1, 0.15) is 16.8 Å². The number of anilines is 2. The van der Waals surface area contributed by atoms with E-state index in [1.54, 1.807) is 30.3 Å². The highest BCUT2D eigenvalue weighted by atomic mass is 35.5. The van der Waals surface area contributed by atoms with Gasteiger partial charge in [0, 0.05) is 24.7 Å². The summed E-state index contributed by atoms with van der Waals surface area (Å²) in [6.45, 7) is 1.56. The maximum Gasteiger partial charge on any atom is 0.264 e. The topological polar surface area (TPSA) is 112 Å². The SMILES string of the molecule is O=C(Nc1cnc2c(c1)N(S(=O)(=O)c1cccc(Cl)c1)CC(CN1CCC(O)C1)O2)c1c(Cl)cccc1Cl. The molecule has 3 heterocycles. The number of β-amino-alcohol motifs (C(OH)–C–C–N with tert-alkyl or cyclic N) is 1. The number of carbonyl (C=O) groups excluding carboxylic acids is 1. The van der Waals surface area contributed by atoms with E-state index in [1.165, 1.54) is 28.7 Å². The Morgan fingerprint density at radius 2 is 1.84 bits per heavy atom. The minimum absolute atomic E-state index is 0.00508. The molecule has 2 aliphatic rings. The molecule has 0 spiro atoms. The van der Waals surface area contributed by atoms with Crippen molar-refractivity contribution in [3.05, 3.63) is 75.4 Å². The Kier molecular flexibility index (Phi) is 7.72. The van der Waals surface area contributed by atoms with Gasteiger partial charge in [0.25, 0.3) is 15.9 Å². The molecule has 2 atom stereocenters. The number of benzene rings is 2. The molecule has 200 valence electrons. The summed E-state index contributed by atoms with van der Waals surface area (Å²) in [5.41, 5.74) is 0.465. The summed E-state index contributed by atoms with van der Waals surface area (Å²) in [5.74, 6) is -0.478. The van der Waals surface area contributed by atoms with Gasteiger partial charge in [-0.1, -0.05) is 46.9 Å². The molecule has 13 heteroatoms. The Balaban J connectivity index is 1.49. The molecule has 5 rings (SSSR count). The van der Waals surface area contributed by atoms with E-state index in [1.807, 2.05) is 4.90 Å². The minimum Gasteiger partial charge on any atom is -0.470 e. The van der Waals surface area contributed by atoms with Gasteiger partial charge in [-0.2, -0.15) is 0 Å². The molecule has 3 aromatic rings. The third-order valence-corrected chi connectivity index (χ3v) is 8.93. The van der Waals surface area contributed by atoms with E-state index in [0.29, 0.717) is 26.1 Å². The fraction of sp³-hybridized carbons (Fsp3) is 0.280. The second-order valence-electron chi connectivity index (χ2n) is 9.03. The van der Waals surface area contributed by atoms with E-state index >= 15 is 0 Å². The number of ether oxygens (including phenoxy) is 1. The molecule has 1 saturated heterocycles. The highest BCUT2D eigenvalue weighted by Crippen LogP contribution is 2.38. The zero-order valence-electron chi connectivity index (χ0n) is 19.9. The first kappa shape index (κ1) is 27.0. The number of fused-ring (bicyclic) bond motifs is 1. The third kappa shape index (κ3) is 5.56. The van der Waals surface area contributed by atoms with E-state index < -0.39 is 28.1 Å². The molecule has 2 N–H and O–H groups in total. The summed E-state index contributed by atoms with van der Waals surface area (Å²) in [6, 6.07) is 12.2. The lowest BCUT2D eigenvalue weighted by Gasteiger charge is -2.36. The number of pyridine rings is 1. The second kappa shape index (κ2) is 10.9. The number of aromatic nitrogens is 1. The van der Waals surface area contributed by atoms with Crippen molar-refractivity contribution >= 4 is 62.1 Å². The van der Waals surface area contributed by atoms with Crippen LogP contribution in [0.4, 0.5) is 11.4 Å².